The second-order valence-electron chi connectivity index (χ2n) is 3.54. The summed E-state index contributed by atoms with van der Waals surface area (Å²) in [7, 11) is 1.35. The Morgan fingerprint density at radius 1 is 1.53 bits per heavy atom. The van der Waals surface area contributed by atoms with Crippen LogP contribution in [0.25, 0.3) is 0 Å². The first-order chi connectivity index (χ1) is 7.24. The van der Waals surface area contributed by atoms with Crippen molar-refractivity contribution in [3.63, 3.8) is 0 Å². The molecule has 0 spiro atoms. The van der Waals surface area contributed by atoms with Gasteiger partial charge in [-0.25, -0.2) is 4.39 Å². The lowest BCUT2D eigenvalue weighted by atomic mass is 9.86. The number of benzene rings is 1. The molecule has 1 aromatic rings. The first kappa shape index (κ1) is 10.1. The van der Waals surface area contributed by atoms with E-state index in [9.17, 15) is 9.18 Å². The van der Waals surface area contributed by atoms with Crippen molar-refractivity contribution >= 4 is 5.97 Å². The van der Waals surface area contributed by atoms with Gasteiger partial charge in [-0.15, -0.1) is 0 Å². The molecule has 1 heterocycles. The van der Waals surface area contributed by atoms with E-state index in [4.69, 9.17) is 0 Å². The number of halogens is 1. The molecule has 1 aliphatic rings. The molecular formula is C11H12FNO2. The molecule has 4 heteroatoms. The van der Waals surface area contributed by atoms with Crippen molar-refractivity contribution in [3.05, 3.63) is 35.6 Å². The summed E-state index contributed by atoms with van der Waals surface area (Å²) in [4.78, 5) is 11.3. The summed E-state index contributed by atoms with van der Waals surface area (Å²) in [6, 6.07) is 6.21. The number of carbonyl (C=O) groups is 1. The van der Waals surface area contributed by atoms with E-state index in [0.717, 1.165) is 0 Å². The van der Waals surface area contributed by atoms with Gasteiger partial charge in [-0.1, -0.05) is 18.2 Å². The molecule has 80 valence electrons. The van der Waals surface area contributed by atoms with Gasteiger partial charge in [0.2, 0.25) is 0 Å². The average Bonchev–Trinajstić information content (AvgIpc) is 2.19. The van der Waals surface area contributed by atoms with Gasteiger partial charge in [-0.2, -0.15) is 0 Å². The minimum absolute atomic E-state index is 0.251. The second kappa shape index (κ2) is 3.98. The van der Waals surface area contributed by atoms with E-state index in [0.29, 0.717) is 12.1 Å². The quantitative estimate of drug-likeness (QED) is 0.745. The maximum absolute atomic E-state index is 13.4. The fraction of sp³-hybridized carbons (Fsp3) is 0.364. The second-order valence-corrected chi connectivity index (χ2v) is 3.54. The van der Waals surface area contributed by atoms with Gasteiger partial charge < -0.3 is 10.1 Å². The van der Waals surface area contributed by atoms with Gasteiger partial charge in [0.15, 0.2) is 0 Å². The first-order valence-corrected chi connectivity index (χ1v) is 4.79. The van der Waals surface area contributed by atoms with Gasteiger partial charge in [-0.3, -0.25) is 4.79 Å². The van der Waals surface area contributed by atoms with Crippen LogP contribution < -0.4 is 5.32 Å². The summed E-state index contributed by atoms with van der Waals surface area (Å²) in [5, 5.41) is 3.03. The van der Waals surface area contributed by atoms with Gasteiger partial charge in [0, 0.05) is 18.2 Å². The number of hydrogen-bond donors (Lipinski definition) is 1. The van der Waals surface area contributed by atoms with E-state index < -0.39 is 0 Å². The van der Waals surface area contributed by atoms with Crippen LogP contribution in [0.3, 0.4) is 0 Å². The van der Waals surface area contributed by atoms with Crippen molar-refractivity contribution in [1.29, 1.82) is 0 Å². The molecule has 1 saturated heterocycles. The van der Waals surface area contributed by atoms with Crippen LogP contribution in [0.5, 0.6) is 0 Å². The molecule has 0 aromatic heterocycles. The first-order valence-electron chi connectivity index (χ1n) is 4.79. The molecule has 1 aromatic carbocycles. The number of rotatable bonds is 2. The topological polar surface area (TPSA) is 38.3 Å². The standard InChI is InChI=1S/C11H12FNO2/c1-15-11(14)8-6-13-10(8)7-4-2-3-5-9(7)12/h2-5,8,10,13H,6H2,1H3. The Bertz CT molecular complexity index is 381. The molecule has 2 rings (SSSR count). The molecule has 2 atom stereocenters. The zero-order chi connectivity index (χ0) is 10.8. The highest BCUT2D eigenvalue weighted by Crippen LogP contribution is 2.31. The molecular weight excluding hydrogens is 197 g/mol. The molecule has 2 unspecified atom stereocenters. The van der Waals surface area contributed by atoms with Crippen molar-refractivity contribution in [3.8, 4) is 0 Å². The maximum atomic E-state index is 13.4. The van der Waals surface area contributed by atoms with Gasteiger partial charge in [0.1, 0.15) is 5.82 Å². The summed E-state index contributed by atoms with van der Waals surface area (Å²) in [5.41, 5.74) is 0.527. The number of nitrogens with one attached hydrogen (secondary N) is 1. The van der Waals surface area contributed by atoms with Crippen LogP contribution >= 0.6 is 0 Å². The summed E-state index contributed by atoms with van der Waals surface area (Å²) >= 11 is 0. The summed E-state index contributed by atoms with van der Waals surface area (Å²) < 4.78 is 18.1. The number of carbonyl (C=O) groups excluding carboxylic acids is 1. The Morgan fingerprint density at radius 2 is 2.27 bits per heavy atom. The molecule has 15 heavy (non-hydrogen) atoms. The van der Waals surface area contributed by atoms with Crippen LogP contribution in [0.4, 0.5) is 4.39 Å². The minimum Gasteiger partial charge on any atom is -0.469 e. The van der Waals surface area contributed by atoms with E-state index in [2.05, 4.69) is 10.1 Å². The van der Waals surface area contributed by atoms with Crippen LogP contribution in [0.15, 0.2) is 24.3 Å². The van der Waals surface area contributed by atoms with Crippen molar-refractivity contribution in [1.82, 2.24) is 5.32 Å². The lowest BCUT2D eigenvalue weighted by molar-refractivity contribution is -0.149. The van der Waals surface area contributed by atoms with Gasteiger partial charge >= 0.3 is 5.97 Å². The lowest BCUT2D eigenvalue weighted by Gasteiger charge is -2.36. The zero-order valence-electron chi connectivity index (χ0n) is 8.37. The Hall–Kier alpha value is -1.42. The van der Waals surface area contributed by atoms with E-state index in [1.165, 1.54) is 13.2 Å². The van der Waals surface area contributed by atoms with Crippen LogP contribution in [0, 0.1) is 11.7 Å². The Morgan fingerprint density at radius 3 is 2.80 bits per heavy atom. The molecule has 0 saturated carbocycles. The number of esters is 1. The fourth-order valence-electron chi connectivity index (χ4n) is 1.78. The SMILES string of the molecule is COC(=O)C1CNC1c1ccccc1F. The molecule has 0 aliphatic carbocycles. The Labute approximate surface area is 87.2 Å². The van der Waals surface area contributed by atoms with Crippen molar-refractivity contribution in [2.24, 2.45) is 5.92 Å². The van der Waals surface area contributed by atoms with Gasteiger partial charge in [0.25, 0.3) is 0 Å². The predicted molar refractivity (Wildman–Crippen MR) is 52.6 cm³/mol. The smallest absolute Gasteiger partial charge is 0.311 e. The van der Waals surface area contributed by atoms with Crippen LogP contribution in [-0.4, -0.2) is 19.6 Å². The van der Waals surface area contributed by atoms with E-state index >= 15 is 0 Å². The maximum Gasteiger partial charge on any atom is 0.311 e. The third-order valence-electron chi connectivity index (χ3n) is 2.70. The predicted octanol–water partition coefficient (Wildman–Crippen LogP) is 1.26. The fourth-order valence-corrected chi connectivity index (χ4v) is 1.78. The molecule has 3 nitrogen and oxygen atoms in total. The van der Waals surface area contributed by atoms with Crippen LogP contribution in [0.2, 0.25) is 0 Å². The highest BCUT2D eigenvalue weighted by atomic mass is 19.1. The third-order valence-corrected chi connectivity index (χ3v) is 2.70. The number of hydrogen-bond acceptors (Lipinski definition) is 3. The monoisotopic (exact) mass is 209 g/mol. The van der Waals surface area contributed by atoms with Crippen molar-refractivity contribution in [2.75, 3.05) is 13.7 Å². The molecule has 1 N–H and O–H groups in total. The molecule has 0 amide bonds. The van der Waals surface area contributed by atoms with E-state index in [-0.39, 0.29) is 23.7 Å². The summed E-state index contributed by atoms with van der Waals surface area (Å²) in [5.74, 6) is -0.850. The van der Waals surface area contributed by atoms with Gasteiger partial charge in [-0.05, 0) is 6.07 Å². The number of ether oxygens (including phenoxy) is 1. The normalized spacial score (nSPS) is 24.4. The lowest BCUT2D eigenvalue weighted by Crippen LogP contribution is -2.50. The van der Waals surface area contributed by atoms with E-state index in [1.807, 2.05) is 0 Å². The summed E-state index contributed by atoms with van der Waals surface area (Å²) in [6.07, 6.45) is 0. The molecule has 0 radical (unpaired) electrons. The molecule has 1 aliphatic heterocycles. The van der Waals surface area contributed by atoms with Crippen molar-refractivity contribution in [2.45, 2.75) is 6.04 Å². The Kier molecular flexibility index (Phi) is 2.68. The summed E-state index contributed by atoms with van der Waals surface area (Å²) in [6.45, 7) is 0.547. The molecule has 1 fully saturated rings. The minimum atomic E-state index is -0.290. The Balaban J connectivity index is 2.19. The highest BCUT2D eigenvalue weighted by Gasteiger charge is 2.39. The van der Waals surface area contributed by atoms with Crippen LogP contribution in [-0.2, 0) is 9.53 Å². The van der Waals surface area contributed by atoms with Crippen LogP contribution in [0.1, 0.15) is 11.6 Å². The molecule has 0 bridgehead atoms. The van der Waals surface area contributed by atoms with E-state index in [1.54, 1.807) is 18.2 Å². The van der Waals surface area contributed by atoms with Gasteiger partial charge in [0.05, 0.1) is 13.0 Å². The third kappa shape index (κ3) is 1.72. The average molecular weight is 209 g/mol. The largest absolute Gasteiger partial charge is 0.469 e. The number of methoxy groups -OCH3 is 1. The van der Waals surface area contributed by atoms with Crippen molar-refractivity contribution < 1.29 is 13.9 Å². The highest BCUT2D eigenvalue weighted by molar-refractivity contribution is 5.75. The zero-order valence-corrected chi connectivity index (χ0v) is 8.37.